The molecule has 3 aromatic heterocycles. The van der Waals surface area contributed by atoms with Crippen molar-refractivity contribution in [3.8, 4) is 11.4 Å². The van der Waals surface area contributed by atoms with E-state index in [2.05, 4.69) is 24.7 Å². The number of amides is 1. The first-order chi connectivity index (χ1) is 11.2. The van der Waals surface area contributed by atoms with Gasteiger partial charge in [-0.05, 0) is 30.6 Å². The Labute approximate surface area is 135 Å². The number of aryl methyl sites for hydroxylation is 1. The Kier molecular flexibility index (Phi) is 3.34. The van der Waals surface area contributed by atoms with E-state index in [0.29, 0.717) is 35.4 Å². The Hall–Kier alpha value is -2.68. The predicted octanol–water partition coefficient (Wildman–Crippen LogP) is 1.53. The molecule has 4 heterocycles. The SMILES string of the molecule is Cc1nnsc1C(=O)N1CC(c2nc(-c3cccnc3)no2)C1. The van der Waals surface area contributed by atoms with Crippen LogP contribution in [0.25, 0.3) is 11.4 Å². The van der Waals surface area contributed by atoms with Gasteiger partial charge in [-0.2, -0.15) is 4.98 Å². The van der Waals surface area contributed by atoms with Gasteiger partial charge in [0.1, 0.15) is 4.88 Å². The highest BCUT2D eigenvalue weighted by Gasteiger charge is 2.37. The number of carbonyl (C=O) groups is 1. The summed E-state index contributed by atoms with van der Waals surface area (Å²) in [7, 11) is 0. The third-order valence-electron chi connectivity index (χ3n) is 3.73. The van der Waals surface area contributed by atoms with Crippen molar-refractivity contribution in [2.24, 2.45) is 0 Å². The van der Waals surface area contributed by atoms with E-state index < -0.39 is 0 Å². The number of aromatic nitrogens is 5. The summed E-state index contributed by atoms with van der Waals surface area (Å²) < 4.78 is 9.11. The minimum absolute atomic E-state index is 0.0410. The summed E-state index contributed by atoms with van der Waals surface area (Å²) in [5.74, 6) is 1.09. The molecule has 0 aliphatic carbocycles. The van der Waals surface area contributed by atoms with Crippen LogP contribution in [-0.2, 0) is 0 Å². The van der Waals surface area contributed by atoms with Crippen molar-refractivity contribution in [1.29, 1.82) is 0 Å². The molecular formula is C14H12N6O2S. The number of hydrogen-bond acceptors (Lipinski definition) is 8. The molecule has 0 atom stereocenters. The van der Waals surface area contributed by atoms with Crippen molar-refractivity contribution in [3.05, 3.63) is 41.0 Å². The number of pyridine rings is 1. The maximum Gasteiger partial charge on any atom is 0.267 e. The van der Waals surface area contributed by atoms with E-state index in [9.17, 15) is 4.79 Å². The zero-order valence-electron chi connectivity index (χ0n) is 12.2. The molecule has 1 fully saturated rings. The molecule has 116 valence electrons. The highest BCUT2D eigenvalue weighted by Crippen LogP contribution is 2.29. The van der Waals surface area contributed by atoms with Crippen molar-refractivity contribution in [3.63, 3.8) is 0 Å². The topological polar surface area (TPSA) is 97.9 Å². The van der Waals surface area contributed by atoms with Gasteiger partial charge in [-0.25, -0.2) is 0 Å². The maximum atomic E-state index is 12.3. The van der Waals surface area contributed by atoms with Crippen molar-refractivity contribution in [2.45, 2.75) is 12.8 Å². The molecule has 1 aliphatic rings. The average molecular weight is 328 g/mol. The largest absolute Gasteiger partial charge is 0.339 e. The van der Waals surface area contributed by atoms with Gasteiger partial charge in [-0.3, -0.25) is 9.78 Å². The van der Waals surface area contributed by atoms with E-state index in [1.54, 1.807) is 24.2 Å². The first-order valence-electron chi connectivity index (χ1n) is 7.04. The molecule has 1 amide bonds. The van der Waals surface area contributed by atoms with Gasteiger partial charge in [0.25, 0.3) is 5.91 Å². The third-order valence-corrected chi connectivity index (χ3v) is 4.54. The van der Waals surface area contributed by atoms with Crippen LogP contribution in [0.2, 0.25) is 0 Å². The molecule has 1 aliphatic heterocycles. The zero-order chi connectivity index (χ0) is 15.8. The van der Waals surface area contributed by atoms with Crippen molar-refractivity contribution in [1.82, 2.24) is 29.6 Å². The second kappa shape index (κ2) is 5.51. The van der Waals surface area contributed by atoms with Crippen LogP contribution >= 0.6 is 11.5 Å². The molecule has 0 radical (unpaired) electrons. The van der Waals surface area contributed by atoms with E-state index in [1.807, 2.05) is 12.1 Å². The normalized spacial score (nSPS) is 14.7. The van der Waals surface area contributed by atoms with Crippen LogP contribution in [0.4, 0.5) is 0 Å². The van der Waals surface area contributed by atoms with Crippen LogP contribution in [0.5, 0.6) is 0 Å². The number of rotatable bonds is 3. The number of hydrogen-bond donors (Lipinski definition) is 0. The third kappa shape index (κ3) is 2.48. The molecule has 23 heavy (non-hydrogen) atoms. The zero-order valence-corrected chi connectivity index (χ0v) is 13.0. The molecule has 3 aromatic rings. The fourth-order valence-corrected chi connectivity index (χ4v) is 3.01. The highest BCUT2D eigenvalue weighted by atomic mass is 32.1. The molecule has 4 rings (SSSR count). The van der Waals surface area contributed by atoms with E-state index in [0.717, 1.165) is 17.1 Å². The molecule has 0 spiro atoms. The van der Waals surface area contributed by atoms with Crippen LogP contribution in [0.15, 0.2) is 29.0 Å². The van der Waals surface area contributed by atoms with Gasteiger partial charge in [-0.1, -0.05) is 9.64 Å². The quantitative estimate of drug-likeness (QED) is 0.719. The van der Waals surface area contributed by atoms with Crippen molar-refractivity contribution < 1.29 is 9.32 Å². The summed E-state index contributed by atoms with van der Waals surface area (Å²) in [6.07, 6.45) is 3.38. The molecule has 8 nitrogen and oxygen atoms in total. The minimum Gasteiger partial charge on any atom is -0.339 e. The monoisotopic (exact) mass is 328 g/mol. The number of likely N-dealkylation sites (tertiary alicyclic amines) is 1. The minimum atomic E-state index is -0.0410. The van der Waals surface area contributed by atoms with Crippen molar-refractivity contribution in [2.75, 3.05) is 13.1 Å². The standard InChI is InChI=1S/C14H12N6O2S/c1-8-11(23-19-17-8)14(21)20-6-10(7-20)13-16-12(18-22-13)9-3-2-4-15-5-9/h2-5,10H,6-7H2,1H3. The van der Waals surface area contributed by atoms with Crippen LogP contribution in [0, 0.1) is 6.92 Å². The molecule has 0 aromatic carbocycles. The Bertz CT molecular complexity index is 840. The van der Waals surface area contributed by atoms with Gasteiger partial charge in [0, 0.05) is 31.0 Å². The summed E-state index contributed by atoms with van der Waals surface area (Å²) in [5, 5.41) is 7.84. The summed E-state index contributed by atoms with van der Waals surface area (Å²) in [6, 6.07) is 3.69. The predicted molar refractivity (Wildman–Crippen MR) is 80.8 cm³/mol. The average Bonchev–Trinajstić information content (AvgIpc) is 3.16. The summed E-state index contributed by atoms with van der Waals surface area (Å²) >= 11 is 1.12. The van der Waals surface area contributed by atoms with E-state index in [4.69, 9.17) is 4.52 Å². The fourth-order valence-electron chi connectivity index (χ4n) is 2.39. The second-order valence-corrected chi connectivity index (χ2v) is 6.05. The molecular weight excluding hydrogens is 316 g/mol. The summed E-state index contributed by atoms with van der Waals surface area (Å²) in [5.41, 5.74) is 1.47. The lowest BCUT2D eigenvalue weighted by atomic mass is 10.00. The van der Waals surface area contributed by atoms with Gasteiger partial charge in [0.05, 0.1) is 11.6 Å². The first kappa shape index (κ1) is 13.9. The molecule has 0 N–H and O–H groups in total. The van der Waals surface area contributed by atoms with Crippen LogP contribution in [-0.4, -0.2) is 48.6 Å². The lowest BCUT2D eigenvalue weighted by Gasteiger charge is -2.36. The molecule has 0 bridgehead atoms. The second-order valence-electron chi connectivity index (χ2n) is 5.29. The highest BCUT2D eigenvalue weighted by molar-refractivity contribution is 7.07. The number of nitrogens with zero attached hydrogens (tertiary/aromatic N) is 6. The Morgan fingerprint density at radius 3 is 3.00 bits per heavy atom. The van der Waals surface area contributed by atoms with E-state index in [-0.39, 0.29) is 11.8 Å². The van der Waals surface area contributed by atoms with Gasteiger partial charge < -0.3 is 9.42 Å². The molecule has 1 saturated heterocycles. The van der Waals surface area contributed by atoms with Crippen LogP contribution in [0.3, 0.4) is 0 Å². The Morgan fingerprint density at radius 2 is 2.30 bits per heavy atom. The number of carbonyl (C=O) groups excluding carboxylic acids is 1. The van der Waals surface area contributed by atoms with Gasteiger partial charge >= 0.3 is 0 Å². The Balaban J connectivity index is 1.44. The van der Waals surface area contributed by atoms with E-state index in [1.165, 1.54) is 0 Å². The van der Waals surface area contributed by atoms with Gasteiger partial charge in [0.15, 0.2) is 0 Å². The smallest absolute Gasteiger partial charge is 0.267 e. The summed E-state index contributed by atoms with van der Waals surface area (Å²) in [6.45, 7) is 2.90. The maximum absolute atomic E-state index is 12.3. The lowest BCUT2D eigenvalue weighted by Crippen LogP contribution is -2.48. The molecule has 9 heteroatoms. The fraction of sp³-hybridized carbons (Fsp3) is 0.286. The van der Waals surface area contributed by atoms with Crippen molar-refractivity contribution >= 4 is 17.4 Å². The first-order valence-corrected chi connectivity index (χ1v) is 7.82. The van der Waals surface area contributed by atoms with Crippen LogP contribution < -0.4 is 0 Å². The van der Waals surface area contributed by atoms with Crippen LogP contribution in [0.1, 0.15) is 27.2 Å². The Morgan fingerprint density at radius 1 is 1.43 bits per heavy atom. The lowest BCUT2D eigenvalue weighted by molar-refractivity contribution is 0.0573. The van der Waals surface area contributed by atoms with Gasteiger partial charge in [-0.15, -0.1) is 5.10 Å². The molecule has 0 saturated carbocycles. The summed E-state index contributed by atoms with van der Waals surface area (Å²) in [4.78, 5) is 23.1. The van der Waals surface area contributed by atoms with E-state index >= 15 is 0 Å². The molecule has 0 unspecified atom stereocenters. The van der Waals surface area contributed by atoms with Gasteiger partial charge in [0.2, 0.25) is 11.7 Å².